The normalized spacial score (nSPS) is 15.6. The van der Waals surface area contributed by atoms with Crippen molar-refractivity contribution in [1.29, 1.82) is 0 Å². The Bertz CT molecular complexity index is 956. The molecule has 0 saturated carbocycles. The summed E-state index contributed by atoms with van der Waals surface area (Å²) in [5.74, 6) is 1.63. The summed E-state index contributed by atoms with van der Waals surface area (Å²) in [7, 11) is 1.61. The lowest BCUT2D eigenvalue weighted by Crippen LogP contribution is -2.45. The van der Waals surface area contributed by atoms with Gasteiger partial charge in [-0.3, -0.25) is 9.80 Å². The van der Waals surface area contributed by atoms with Crippen LogP contribution in [0.5, 0.6) is 5.75 Å². The fourth-order valence-electron chi connectivity index (χ4n) is 3.44. The number of rotatable bonds is 6. The summed E-state index contributed by atoms with van der Waals surface area (Å²) < 4.78 is 24.3. The lowest BCUT2D eigenvalue weighted by Gasteiger charge is -2.34. The Hall–Kier alpha value is -2.48. The molecule has 0 radical (unpaired) electrons. The second kappa shape index (κ2) is 8.90. The molecule has 0 amide bonds. The maximum absolute atomic E-state index is 13.6. The van der Waals surface area contributed by atoms with Gasteiger partial charge in [-0.2, -0.15) is 4.98 Å². The molecule has 6 nitrogen and oxygen atoms in total. The Morgan fingerprint density at radius 2 is 1.72 bits per heavy atom. The van der Waals surface area contributed by atoms with Gasteiger partial charge < -0.3 is 9.26 Å². The summed E-state index contributed by atoms with van der Waals surface area (Å²) in [5, 5.41) is 4.74. The summed E-state index contributed by atoms with van der Waals surface area (Å²) >= 11 is 5.92. The van der Waals surface area contributed by atoms with Crippen molar-refractivity contribution in [2.75, 3.05) is 33.3 Å². The Balaban J connectivity index is 1.31. The molecule has 1 saturated heterocycles. The smallest absolute Gasteiger partial charge is 0.241 e. The number of nitrogens with zero attached hydrogens (tertiary/aromatic N) is 4. The number of halogens is 2. The van der Waals surface area contributed by atoms with Crippen LogP contribution < -0.4 is 4.74 Å². The quantitative estimate of drug-likeness (QED) is 0.608. The van der Waals surface area contributed by atoms with Gasteiger partial charge in [0.25, 0.3) is 0 Å². The molecule has 2 heterocycles. The first kappa shape index (κ1) is 19.8. The van der Waals surface area contributed by atoms with E-state index in [0.29, 0.717) is 29.8 Å². The van der Waals surface area contributed by atoms with Crippen LogP contribution in [0.2, 0.25) is 5.02 Å². The van der Waals surface area contributed by atoms with Crippen LogP contribution in [0.3, 0.4) is 0 Å². The maximum Gasteiger partial charge on any atom is 0.241 e. The zero-order valence-electron chi connectivity index (χ0n) is 16.1. The van der Waals surface area contributed by atoms with Crippen molar-refractivity contribution in [3.63, 3.8) is 0 Å². The van der Waals surface area contributed by atoms with E-state index in [9.17, 15) is 4.39 Å². The van der Waals surface area contributed by atoms with Crippen LogP contribution in [0, 0.1) is 5.82 Å². The zero-order chi connectivity index (χ0) is 20.2. The Kier molecular flexibility index (Phi) is 6.08. The molecule has 0 aliphatic carbocycles. The van der Waals surface area contributed by atoms with E-state index in [0.717, 1.165) is 43.1 Å². The minimum atomic E-state index is -0.243. The minimum absolute atomic E-state index is 0.243. The van der Waals surface area contributed by atoms with Crippen molar-refractivity contribution in [3.05, 3.63) is 64.8 Å². The van der Waals surface area contributed by atoms with Crippen LogP contribution in [0.25, 0.3) is 11.4 Å². The largest absolute Gasteiger partial charge is 0.496 e. The first-order valence-corrected chi connectivity index (χ1v) is 9.84. The third-order valence-electron chi connectivity index (χ3n) is 5.03. The molecule has 2 aromatic carbocycles. The van der Waals surface area contributed by atoms with E-state index in [2.05, 4.69) is 19.9 Å². The molecule has 29 heavy (non-hydrogen) atoms. The first-order chi connectivity index (χ1) is 14.1. The van der Waals surface area contributed by atoms with E-state index in [1.807, 2.05) is 12.1 Å². The monoisotopic (exact) mass is 416 g/mol. The molecule has 0 bridgehead atoms. The van der Waals surface area contributed by atoms with Crippen molar-refractivity contribution in [1.82, 2.24) is 19.9 Å². The Morgan fingerprint density at radius 1 is 1.03 bits per heavy atom. The molecule has 1 aliphatic heterocycles. The number of hydrogen-bond acceptors (Lipinski definition) is 6. The van der Waals surface area contributed by atoms with E-state index in [1.165, 1.54) is 6.07 Å². The van der Waals surface area contributed by atoms with Gasteiger partial charge in [-0.1, -0.05) is 16.8 Å². The van der Waals surface area contributed by atoms with Crippen molar-refractivity contribution in [2.24, 2.45) is 0 Å². The SMILES string of the molecule is COc1ccc(F)cc1CN1CCN(Cc2nc(-c3ccc(Cl)cc3)no2)CC1. The van der Waals surface area contributed by atoms with E-state index in [-0.39, 0.29) is 5.82 Å². The molecule has 1 fully saturated rings. The highest BCUT2D eigenvalue weighted by molar-refractivity contribution is 6.30. The molecule has 0 atom stereocenters. The summed E-state index contributed by atoms with van der Waals surface area (Å²) in [4.78, 5) is 9.06. The average molecular weight is 417 g/mol. The van der Waals surface area contributed by atoms with E-state index in [1.54, 1.807) is 31.4 Å². The highest BCUT2D eigenvalue weighted by Crippen LogP contribution is 2.22. The fraction of sp³-hybridized carbons (Fsp3) is 0.333. The van der Waals surface area contributed by atoms with Crippen molar-refractivity contribution < 1.29 is 13.7 Å². The zero-order valence-corrected chi connectivity index (χ0v) is 16.9. The third-order valence-corrected chi connectivity index (χ3v) is 5.28. The number of ether oxygens (including phenoxy) is 1. The minimum Gasteiger partial charge on any atom is -0.496 e. The van der Waals surface area contributed by atoms with E-state index in [4.69, 9.17) is 20.9 Å². The van der Waals surface area contributed by atoms with Gasteiger partial charge in [0.05, 0.1) is 13.7 Å². The fourth-order valence-corrected chi connectivity index (χ4v) is 3.57. The molecule has 1 aliphatic rings. The van der Waals surface area contributed by atoms with Gasteiger partial charge in [-0.25, -0.2) is 4.39 Å². The topological polar surface area (TPSA) is 54.6 Å². The summed E-state index contributed by atoms with van der Waals surface area (Å²) in [6.45, 7) is 4.76. The highest BCUT2D eigenvalue weighted by atomic mass is 35.5. The van der Waals surface area contributed by atoms with Crippen LogP contribution in [0.1, 0.15) is 11.5 Å². The first-order valence-electron chi connectivity index (χ1n) is 9.46. The molecule has 4 rings (SSSR count). The van der Waals surface area contributed by atoms with Crippen LogP contribution in [0.4, 0.5) is 4.39 Å². The lowest BCUT2D eigenvalue weighted by molar-refractivity contribution is 0.111. The predicted octanol–water partition coefficient (Wildman–Crippen LogP) is 3.86. The standard InChI is InChI=1S/C21H22ClFN4O2/c1-28-19-7-6-18(23)12-16(19)13-26-8-10-27(11-9-26)14-20-24-21(25-29-20)15-2-4-17(22)5-3-15/h2-7,12H,8-11,13-14H2,1H3. The molecular weight excluding hydrogens is 395 g/mol. The van der Waals surface area contributed by atoms with Gasteiger partial charge in [0.2, 0.25) is 11.7 Å². The molecule has 0 unspecified atom stereocenters. The lowest BCUT2D eigenvalue weighted by atomic mass is 10.1. The number of piperazine rings is 1. The van der Waals surface area contributed by atoms with Crippen LogP contribution >= 0.6 is 11.6 Å². The summed E-state index contributed by atoms with van der Waals surface area (Å²) in [6.07, 6.45) is 0. The second-order valence-corrected chi connectivity index (χ2v) is 7.46. The second-order valence-electron chi connectivity index (χ2n) is 7.03. The maximum atomic E-state index is 13.6. The molecule has 0 N–H and O–H groups in total. The number of benzene rings is 2. The van der Waals surface area contributed by atoms with Gasteiger partial charge in [0.1, 0.15) is 11.6 Å². The van der Waals surface area contributed by atoms with Crippen molar-refractivity contribution in [3.8, 4) is 17.1 Å². The van der Waals surface area contributed by atoms with Gasteiger partial charge in [-0.05, 0) is 42.5 Å². The van der Waals surface area contributed by atoms with Gasteiger partial charge in [0.15, 0.2) is 0 Å². The Morgan fingerprint density at radius 3 is 2.41 bits per heavy atom. The van der Waals surface area contributed by atoms with Crippen molar-refractivity contribution >= 4 is 11.6 Å². The third kappa shape index (κ3) is 4.93. The number of methoxy groups -OCH3 is 1. The van der Waals surface area contributed by atoms with E-state index >= 15 is 0 Å². The molecule has 3 aromatic rings. The number of hydrogen-bond donors (Lipinski definition) is 0. The van der Waals surface area contributed by atoms with E-state index < -0.39 is 0 Å². The number of aromatic nitrogens is 2. The van der Waals surface area contributed by atoms with Crippen LogP contribution in [0.15, 0.2) is 47.0 Å². The van der Waals surface area contributed by atoms with Crippen LogP contribution in [-0.4, -0.2) is 53.2 Å². The van der Waals surface area contributed by atoms with Gasteiger partial charge in [-0.15, -0.1) is 0 Å². The average Bonchev–Trinajstić information content (AvgIpc) is 3.19. The summed E-state index contributed by atoms with van der Waals surface area (Å²) in [5.41, 5.74) is 1.74. The molecule has 8 heteroatoms. The summed E-state index contributed by atoms with van der Waals surface area (Å²) in [6, 6.07) is 12.0. The molecular formula is C21H22ClFN4O2. The molecule has 0 spiro atoms. The van der Waals surface area contributed by atoms with Gasteiger partial charge in [0, 0.05) is 48.9 Å². The molecule has 152 valence electrons. The van der Waals surface area contributed by atoms with Crippen LogP contribution in [-0.2, 0) is 13.1 Å². The van der Waals surface area contributed by atoms with Gasteiger partial charge >= 0.3 is 0 Å². The molecule has 1 aromatic heterocycles. The highest BCUT2D eigenvalue weighted by Gasteiger charge is 2.20. The Labute approximate surface area is 173 Å². The van der Waals surface area contributed by atoms with Crippen molar-refractivity contribution in [2.45, 2.75) is 13.1 Å². The predicted molar refractivity (Wildman–Crippen MR) is 108 cm³/mol.